The molecule has 19 heavy (non-hydrogen) atoms. The molecule has 5 atom stereocenters. The summed E-state index contributed by atoms with van der Waals surface area (Å²) in [5.41, 5.74) is 0. The third-order valence-corrected chi connectivity index (χ3v) is 3.83. The Bertz CT molecular complexity index is 459. The van der Waals surface area contributed by atoms with Crippen LogP contribution in [0.15, 0.2) is 12.2 Å². The van der Waals surface area contributed by atoms with E-state index in [9.17, 15) is 14.4 Å². The maximum absolute atomic E-state index is 12.2. The molecule has 2 bridgehead atoms. The summed E-state index contributed by atoms with van der Waals surface area (Å²) in [4.78, 5) is 36.1. The second-order valence-corrected chi connectivity index (χ2v) is 5.14. The first-order chi connectivity index (χ1) is 8.99. The van der Waals surface area contributed by atoms with E-state index in [0.717, 1.165) is 4.90 Å². The fourth-order valence-electron chi connectivity index (χ4n) is 3.08. The lowest BCUT2D eigenvalue weighted by Gasteiger charge is -2.21. The SMILES string of the molecule is C[C@H](CN1C(=O)C2C3C=CC(O3)C2C1=O)NC(=O)O. The maximum atomic E-state index is 12.2. The predicted molar refractivity (Wildman–Crippen MR) is 62.1 cm³/mol. The standard InChI is InChI=1S/C12H14N2O5/c1-5(13-12(17)18)4-14-10(15)8-6-2-3-7(19-6)9(8)11(14)16/h2-3,5-9,13H,4H2,1H3,(H,17,18)/t5-,6?,7?,8?,9?/m1/s1. The maximum Gasteiger partial charge on any atom is 0.404 e. The molecule has 2 N–H and O–H groups in total. The van der Waals surface area contributed by atoms with E-state index in [-0.39, 0.29) is 30.6 Å². The van der Waals surface area contributed by atoms with Gasteiger partial charge in [0.05, 0.1) is 24.0 Å². The number of rotatable bonds is 3. The van der Waals surface area contributed by atoms with Crippen molar-refractivity contribution in [1.29, 1.82) is 0 Å². The van der Waals surface area contributed by atoms with Gasteiger partial charge in [0.25, 0.3) is 0 Å². The van der Waals surface area contributed by atoms with Crippen molar-refractivity contribution in [3.63, 3.8) is 0 Å². The number of carbonyl (C=O) groups excluding carboxylic acids is 2. The number of likely N-dealkylation sites (tertiary alicyclic amines) is 1. The molecule has 3 aliphatic rings. The number of nitrogens with one attached hydrogen (secondary N) is 1. The van der Waals surface area contributed by atoms with Gasteiger partial charge in [-0.1, -0.05) is 12.2 Å². The number of fused-ring (bicyclic) bond motifs is 5. The third kappa shape index (κ3) is 1.73. The average Bonchev–Trinajstić information content (AvgIpc) is 2.97. The molecule has 0 aromatic carbocycles. The Morgan fingerprint density at radius 3 is 2.37 bits per heavy atom. The van der Waals surface area contributed by atoms with Gasteiger partial charge in [-0.2, -0.15) is 0 Å². The van der Waals surface area contributed by atoms with Crippen LogP contribution in [0, 0.1) is 11.8 Å². The monoisotopic (exact) mass is 266 g/mol. The van der Waals surface area contributed by atoms with Crippen molar-refractivity contribution in [2.24, 2.45) is 11.8 Å². The normalized spacial score (nSPS) is 36.8. The van der Waals surface area contributed by atoms with Gasteiger partial charge in [0, 0.05) is 12.6 Å². The van der Waals surface area contributed by atoms with Gasteiger partial charge < -0.3 is 15.2 Å². The van der Waals surface area contributed by atoms with E-state index >= 15 is 0 Å². The Labute approximate surface area is 109 Å². The molecule has 0 aromatic heterocycles. The predicted octanol–water partition coefficient (Wildman–Crippen LogP) is -0.419. The number of amides is 3. The Balaban J connectivity index is 1.74. The van der Waals surface area contributed by atoms with E-state index in [1.807, 2.05) is 12.2 Å². The highest BCUT2D eigenvalue weighted by Gasteiger charge is 2.60. The van der Waals surface area contributed by atoms with E-state index in [1.54, 1.807) is 6.92 Å². The molecule has 2 fully saturated rings. The van der Waals surface area contributed by atoms with Crippen molar-refractivity contribution in [3.05, 3.63) is 12.2 Å². The zero-order valence-corrected chi connectivity index (χ0v) is 10.3. The Kier molecular flexibility index (Phi) is 2.60. The van der Waals surface area contributed by atoms with Gasteiger partial charge in [0.15, 0.2) is 0 Å². The summed E-state index contributed by atoms with van der Waals surface area (Å²) in [5.74, 6) is -1.38. The third-order valence-electron chi connectivity index (χ3n) is 3.83. The second-order valence-electron chi connectivity index (χ2n) is 5.14. The molecule has 7 heteroatoms. The molecule has 102 valence electrons. The van der Waals surface area contributed by atoms with E-state index < -0.39 is 24.0 Å². The summed E-state index contributed by atoms with van der Waals surface area (Å²) in [7, 11) is 0. The first-order valence-electron chi connectivity index (χ1n) is 6.17. The first-order valence-corrected chi connectivity index (χ1v) is 6.17. The molecule has 4 unspecified atom stereocenters. The molecule has 3 rings (SSSR count). The number of carboxylic acid groups (broad SMARTS) is 1. The fourth-order valence-corrected chi connectivity index (χ4v) is 3.08. The van der Waals surface area contributed by atoms with Crippen LogP contribution in [-0.2, 0) is 14.3 Å². The summed E-state index contributed by atoms with van der Waals surface area (Å²) < 4.78 is 5.51. The van der Waals surface area contributed by atoms with Crippen LogP contribution in [-0.4, -0.2) is 52.7 Å². The van der Waals surface area contributed by atoms with Crippen LogP contribution in [0.3, 0.4) is 0 Å². The lowest BCUT2D eigenvalue weighted by molar-refractivity contribution is -0.142. The number of nitrogens with zero attached hydrogens (tertiary/aromatic N) is 1. The Morgan fingerprint density at radius 1 is 1.37 bits per heavy atom. The van der Waals surface area contributed by atoms with Crippen LogP contribution >= 0.6 is 0 Å². The van der Waals surface area contributed by atoms with E-state index in [0.29, 0.717) is 0 Å². The zero-order valence-electron chi connectivity index (χ0n) is 10.3. The minimum atomic E-state index is -1.17. The minimum Gasteiger partial charge on any atom is -0.465 e. The second kappa shape index (κ2) is 4.06. The molecule has 0 radical (unpaired) electrons. The van der Waals surface area contributed by atoms with Gasteiger partial charge in [-0.15, -0.1) is 0 Å². The molecule has 2 saturated heterocycles. The quantitative estimate of drug-likeness (QED) is 0.534. The number of imide groups is 1. The Hall–Kier alpha value is -1.89. The molecule has 3 heterocycles. The summed E-state index contributed by atoms with van der Waals surface area (Å²) in [6, 6.07) is -0.490. The molecular weight excluding hydrogens is 252 g/mol. The molecule has 3 aliphatic heterocycles. The van der Waals surface area contributed by atoms with Crippen LogP contribution < -0.4 is 5.32 Å². The highest BCUT2D eigenvalue weighted by atomic mass is 16.5. The van der Waals surface area contributed by atoms with Crippen LogP contribution in [0.2, 0.25) is 0 Å². The van der Waals surface area contributed by atoms with E-state index in [4.69, 9.17) is 9.84 Å². The highest BCUT2D eigenvalue weighted by Crippen LogP contribution is 2.44. The molecule has 7 nitrogen and oxygen atoms in total. The van der Waals surface area contributed by atoms with Crippen LogP contribution in [0.4, 0.5) is 4.79 Å². The van der Waals surface area contributed by atoms with Crippen molar-refractivity contribution in [2.75, 3.05) is 6.54 Å². The summed E-state index contributed by atoms with van der Waals surface area (Å²) in [5, 5.41) is 10.9. The molecule has 0 aliphatic carbocycles. The van der Waals surface area contributed by atoms with Gasteiger partial charge in [-0.25, -0.2) is 4.79 Å². The number of carbonyl (C=O) groups is 3. The minimum absolute atomic E-state index is 0.0659. The van der Waals surface area contributed by atoms with Gasteiger partial charge in [0.1, 0.15) is 0 Å². The highest BCUT2D eigenvalue weighted by molar-refractivity contribution is 6.06. The number of hydrogen-bond acceptors (Lipinski definition) is 4. The molecule has 3 amide bonds. The smallest absolute Gasteiger partial charge is 0.404 e. The lowest BCUT2D eigenvalue weighted by Crippen LogP contribution is -2.45. The number of hydrogen-bond donors (Lipinski definition) is 2. The molecule has 0 spiro atoms. The van der Waals surface area contributed by atoms with Gasteiger partial charge >= 0.3 is 6.09 Å². The fraction of sp³-hybridized carbons (Fsp3) is 0.583. The lowest BCUT2D eigenvalue weighted by atomic mass is 9.85. The van der Waals surface area contributed by atoms with Crippen molar-refractivity contribution >= 4 is 17.9 Å². The van der Waals surface area contributed by atoms with Crippen LogP contribution in [0.5, 0.6) is 0 Å². The topological polar surface area (TPSA) is 95.9 Å². The van der Waals surface area contributed by atoms with Crippen LogP contribution in [0.25, 0.3) is 0 Å². The summed E-state index contributed by atoms with van der Waals surface area (Å²) >= 11 is 0. The molecular formula is C12H14N2O5. The van der Waals surface area contributed by atoms with Crippen molar-refractivity contribution < 1.29 is 24.2 Å². The largest absolute Gasteiger partial charge is 0.465 e. The summed E-state index contributed by atoms with van der Waals surface area (Å²) in [6.07, 6.45) is 1.86. The van der Waals surface area contributed by atoms with Gasteiger partial charge in [-0.3, -0.25) is 14.5 Å². The summed E-state index contributed by atoms with van der Waals surface area (Å²) in [6.45, 7) is 1.68. The molecule has 0 saturated carbocycles. The van der Waals surface area contributed by atoms with Crippen LogP contribution in [0.1, 0.15) is 6.92 Å². The van der Waals surface area contributed by atoms with Crippen molar-refractivity contribution in [3.8, 4) is 0 Å². The average molecular weight is 266 g/mol. The van der Waals surface area contributed by atoms with Gasteiger partial charge in [0.2, 0.25) is 11.8 Å². The zero-order chi connectivity index (χ0) is 13.7. The van der Waals surface area contributed by atoms with Crippen molar-refractivity contribution in [1.82, 2.24) is 10.2 Å². The Morgan fingerprint density at radius 2 is 1.89 bits per heavy atom. The van der Waals surface area contributed by atoms with E-state index in [1.165, 1.54) is 0 Å². The van der Waals surface area contributed by atoms with Crippen molar-refractivity contribution in [2.45, 2.75) is 25.2 Å². The number of ether oxygens (including phenoxy) is 1. The molecule has 0 aromatic rings. The first kappa shape index (κ1) is 12.2. The van der Waals surface area contributed by atoms with E-state index in [2.05, 4.69) is 5.32 Å². The van der Waals surface area contributed by atoms with Gasteiger partial charge in [-0.05, 0) is 6.92 Å².